The number of nitrogens with one attached hydrogen (secondary N) is 2. The normalized spacial score (nSPS) is 17.8. The van der Waals surface area contributed by atoms with Crippen LogP contribution in [-0.4, -0.2) is 30.3 Å². The molecule has 1 aliphatic carbocycles. The van der Waals surface area contributed by atoms with Gasteiger partial charge in [-0.1, -0.05) is 20.8 Å². The van der Waals surface area contributed by atoms with Crippen LogP contribution in [0.25, 0.3) is 0 Å². The molecule has 3 rings (SSSR count). The SMILES string of the molecule is CCOC(=O)[C@](NC(=O)c1ccco1)(Nc1sc2c(c1C#N)CC[C@@H](C(C)(C)C)C2)C(F)(F)F. The van der Waals surface area contributed by atoms with Crippen LogP contribution in [0.3, 0.4) is 0 Å². The lowest BCUT2D eigenvalue weighted by molar-refractivity contribution is -0.204. The van der Waals surface area contributed by atoms with Crippen LogP contribution < -0.4 is 10.6 Å². The molecular formula is C23H26F3N3O4S. The maximum absolute atomic E-state index is 14.5. The fourth-order valence-corrected chi connectivity index (χ4v) is 5.30. The molecule has 0 aliphatic heterocycles. The topological polar surface area (TPSA) is 104 Å². The van der Waals surface area contributed by atoms with Crippen LogP contribution in [0.5, 0.6) is 0 Å². The van der Waals surface area contributed by atoms with Gasteiger partial charge in [0.2, 0.25) is 0 Å². The smallest absolute Gasteiger partial charge is 0.441 e. The fourth-order valence-electron chi connectivity index (χ4n) is 3.97. The molecule has 184 valence electrons. The van der Waals surface area contributed by atoms with Crippen LogP contribution in [0, 0.1) is 22.7 Å². The summed E-state index contributed by atoms with van der Waals surface area (Å²) in [6, 6.07) is 4.47. The second-order valence-corrected chi connectivity index (χ2v) is 10.3. The standard InChI is InChI=1S/C23H26F3N3O4S/c1-5-32-20(31)22(23(24,25)26,28-18(30)16-7-6-10-33-16)29-19-15(12-27)14-9-8-13(21(2,3)4)11-17(14)34-19/h6-7,10,13,29H,5,8-9,11H2,1-4H3,(H,28,30)/t13-,22+/m1/s1. The van der Waals surface area contributed by atoms with E-state index < -0.39 is 29.5 Å². The van der Waals surface area contributed by atoms with Gasteiger partial charge in [-0.15, -0.1) is 11.3 Å². The van der Waals surface area contributed by atoms with Gasteiger partial charge in [-0.25, -0.2) is 4.79 Å². The van der Waals surface area contributed by atoms with Crippen molar-refractivity contribution in [2.45, 2.75) is 58.8 Å². The van der Waals surface area contributed by atoms with Gasteiger partial charge < -0.3 is 19.8 Å². The summed E-state index contributed by atoms with van der Waals surface area (Å²) in [5.74, 6) is -3.14. The van der Waals surface area contributed by atoms with Gasteiger partial charge in [0.1, 0.15) is 11.1 Å². The number of hydrogen-bond acceptors (Lipinski definition) is 7. The zero-order chi connectivity index (χ0) is 25.3. The average Bonchev–Trinajstić information content (AvgIpc) is 3.39. The Morgan fingerprint density at radius 1 is 1.32 bits per heavy atom. The summed E-state index contributed by atoms with van der Waals surface area (Å²) in [5.41, 5.74) is -2.93. The second-order valence-electron chi connectivity index (χ2n) is 9.15. The summed E-state index contributed by atoms with van der Waals surface area (Å²) < 4.78 is 53.1. The van der Waals surface area contributed by atoms with E-state index >= 15 is 0 Å². The highest BCUT2D eigenvalue weighted by molar-refractivity contribution is 7.16. The summed E-state index contributed by atoms with van der Waals surface area (Å²) in [4.78, 5) is 26.1. The number of rotatable bonds is 6. The lowest BCUT2D eigenvalue weighted by Gasteiger charge is -2.34. The van der Waals surface area contributed by atoms with Crippen LogP contribution in [0.15, 0.2) is 22.8 Å². The first-order valence-corrected chi connectivity index (χ1v) is 11.6. The largest absolute Gasteiger partial charge is 0.463 e. The van der Waals surface area contributed by atoms with Crippen molar-refractivity contribution in [2.75, 3.05) is 11.9 Å². The van der Waals surface area contributed by atoms with Gasteiger partial charge in [-0.05, 0) is 55.2 Å². The number of carbonyl (C=O) groups is 2. The Bertz CT molecular complexity index is 1100. The molecule has 0 radical (unpaired) electrons. The number of ether oxygens (including phenoxy) is 1. The van der Waals surface area contributed by atoms with Crippen molar-refractivity contribution in [3.05, 3.63) is 40.2 Å². The highest BCUT2D eigenvalue weighted by Crippen LogP contribution is 2.45. The molecule has 11 heteroatoms. The number of alkyl halides is 3. The third-order valence-electron chi connectivity index (χ3n) is 5.96. The van der Waals surface area contributed by atoms with Gasteiger partial charge in [0, 0.05) is 4.88 Å². The molecule has 2 N–H and O–H groups in total. The van der Waals surface area contributed by atoms with E-state index in [1.807, 2.05) is 6.07 Å². The number of furan rings is 1. The molecular weight excluding hydrogens is 471 g/mol. The van der Waals surface area contributed by atoms with Crippen LogP contribution >= 0.6 is 11.3 Å². The molecule has 0 saturated carbocycles. The molecule has 0 fully saturated rings. The molecule has 0 unspecified atom stereocenters. The van der Waals surface area contributed by atoms with Gasteiger partial charge in [-0.2, -0.15) is 18.4 Å². The van der Waals surface area contributed by atoms with Crippen LogP contribution in [0.4, 0.5) is 18.2 Å². The number of halogens is 3. The van der Waals surface area contributed by atoms with Crippen molar-refractivity contribution in [3.63, 3.8) is 0 Å². The van der Waals surface area contributed by atoms with E-state index in [-0.39, 0.29) is 28.5 Å². The maximum atomic E-state index is 14.5. The lowest BCUT2D eigenvalue weighted by Crippen LogP contribution is -2.69. The highest BCUT2D eigenvalue weighted by atomic mass is 32.1. The molecule has 2 aromatic rings. The van der Waals surface area contributed by atoms with E-state index in [4.69, 9.17) is 9.15 Å². The minimum atomic E-state index is -5.31. The molecule has 1 aliphatic rings. The molecule has 2 atom stereocenters. The van der Waals surface area contributed by atoms with Crippen molar-refractivity contribution < 1.29 is 31.9 Å². The average molecular weight is 498 g/mol. The Morgan fingerprint density at radius 3 is 2.56 bits per heavy atom. The fraction of sp³-hybridized carbons (Fsp3) is 0.522. The van der Waals surface area contributed by atoms with Crippen molar-refractivity contribution in [2.24, 2.45) is 11.3 Å². The predicted octanol–water partition coefficient (Wildman–Crippen LogP) is 5.03. The molecule has 0 saturated heterocycles. The first kappa shape index (κ1) is 25.6. The summed E-state index contributed by atoms with van der Waals surface area (Å²) in [6.07, 6.45) is -2.26. The van der Waals surface area contributed by atoms with Crippen LogP contribution in [0.2, 0.25) is 0 Å². The third-order valence-corrected chi connectivity index (χ3v) is 7.13. The number of amides is 1. The Kier molecular flexibility index (Phi) is 7.03. The zero-order valence-electron chi connectivity index (χ0n) is 19.3. The second kappa shape index (κ2) is 9.33. The van der Waals surface area contributed by atoms with Gasteiger partial charge in [-0.3, -0.25) is 4.79 Å². The minimum absolute atomic E-state index is 0.0141. The van der Waals surface area contributed by atoms with Gasteiger partial charge in [0.15, 0.2) is 5.76 Å². The molecule has 7 nitrogen and oxygen atoms in total. The number of fused-ring (bicyclic) bond motifs is 1. The Morgan fingerprint density at radius 2 is 2.03 bits per heavy atom. The van der Waals surface area contributed by atoms with E-state index in [2.05, 4.69) is 26.1 Å². The number of hydrogen-bond donors (Lipinski definition) is 2. The maximum Gasteiger partial charge on any atom is 0.441 e. The van der Waals surface area contributed by atoms with Crippen molar-refractivity contribution in [1.82, 2.24) is 5.32 Å². The van der Waals surface area contributed by atoms with Gasteiger partial charge in [0.25, 0.3) is 5.91 Å². The van der Waals surface area contributed by atoms with Crippen molar-refractivity contribution in [1.29, 1.82) is 5.26 Å². The number of carbonyl (C=O) groups excluding carboxylic acids is 2. The zero-order valence-corrected chi connectivity index (χ0v) is 20.1. The van der Waals surface area contributed by atoms with Crippen molar-refractivity contribution >= 4 is 28.2 Å². The number of anilines is 1. The predicted molar refractivity (Wildman–Crippen MR) is 119 cm³/mol. The monoisotopic (exact) mass is 497 g/mol. The highest BCUT2D eigenvalue weighted by Gasteiger charge is 2.64. The van der Waals surface area contributed by atoms with E-state index in [0.29, 0.717) is 18.4 Å². The molecule has 0 spiro atoms. The van der Waals surface area contributed by atoms with Crippen LogP contribution in [0.1, 0.15) is 60.7 Å². The molecule has 0 bridgehead atoms. The van der Waals surface area contributed by atoms with Crippen molar-refractivity contribution in [3.8, 4) is 6.07 Å². The van der Waals surface area contributed by atoms with E-state index in [1.165, 1.54) is 19.1 Å². The molecule has 34 heavy (non-hydrogen) atoms. The number of esters is 1. The Labute approximate surface area is 199 Å². The summed E-state index contributed by atoms with van der Waals surface area (Å²) in [5, 5.41) is 13.5. The number of thiophene rings is 1. The van der Waals surface area contributed by atoms with E-state index in [9.17, 15) is 28.0 Å². The Balaban J connectivity index is 2.08. The molecule has 1 amide bonds. The summed E-state index contributed by atoms with van der Waals surface area (Å²) in [7, 11) is 0. The van der Waals surface area contributed by atoms with Gasteiger partial charge >= 0.3 is 17.8 Å². The molecule has 2 aromatic heterocycles. The lowest BCUT2D eigenvalue weighted by atomic mass is 9.72. The van der Waals surface area contributed by atoms with E-state index in [0.717, 1.165) is 28.9 Å². The number of nitriles is 1. The number of nitrogens with zero attached hydrogens (tertiary/aromatic N) is 1. The third kappa shape index (κ3) is 4.78. The molecule has 0 aromatic carbocycles. The first-order valence-electron chi connectivity index (χ1n) is 10.8. The summed E-state index contributed by atoms with van der Waals surface area (Å²) in [6.45, 7) is 7.29. The molecule has 2 heterocycles. The minimum Gasteiger partial charge on any atom is -0.463 e. The van der Waals surface area contributed by atoms with E-state index in [1.54, 1.807) is 5.32 Å². The quantitative estimate of drug-likeness (QED) is 0.429. The van der Waals surface area contributed by atoms with Gasteiger partial charge in [0.05, 0.1) is 18.4 Å². The Hall–Kier alpha value is -3.00. The summed E-state index contributed by atoms with van der Waals surface area (Å²) >= 11 is 0.993. The van der Waals surface area contributed by atoms with Crippen LogP contribution in [-0.2, 0) is 22.4 Å². The first-order chi connectivity index (χ1) is 15.8.